The second-order valence-corrected chi connectivity index (χ2v) is 6.58. The number of ether oxygens (including phenoxy) is 1. The Hall–Kier alpha value is -0.820. The summed E-state index contributed by atoms with van der Waals surface area (Å²) in [7, 11) is -3.66. The summed E-state index contributed by atoms with van der Waals surface area (Å²) in [5.74, 6) is -0.829. The Morgan fingerprint density at radius 3 is 2.41 bits per heavy atom. The molecular formula is C9H16ClNO5S. The summed E-state index contributed by atoms with van der Waals surface area (Å²) in [4.78, 5) is 11.7. The molecule has 0 fully saturated rings. The van der Waals surface area contributed by atoms with Gasteiger partial charge < -0.3 is 9.94 Å². The van der Waals surface area contributed by atoms with Crippen LogP contribution in [0.5, 0.6) is 0 Å². The third-order valence-corrected chi connectivity index (χ3v) is 4.71. The molecule has 0 aliphatic heterocycles. The van der Waals surface area contributed by atoms with Crippen molar-refractivity contribution in [2.75, 3.05) is 12.9 Å². The topological polar surface area (TPSA) is 93.0 Å². The first-order valence-electron chi connectivity index (χ1n) is 4.92. The fourth-order valence-corrected chi connectivity index (χ4v) is 2.04. The molecule has 0 saturated heterocycles. The van der Waals surface area contributed by atoms with Crippen molar-refractivity contribution in [3.8, 4) is 0 Å². The van der Waals surface area contributed by atoms with E-state index in [9.17, 15) is 13.2 Å². The van der Waals surface area contributed by atoms with Crippen molar-refractivity contribution >= 4 is 32.6 Å². The summed E-state index contributed by atoms with van der Waals surface area (Å²) in [6.45, 7) is 2.94. The Balaban J connectivity index is 5.07. The van der Waals surface area contributed by atoms with Crippen LogP contribution in [0.2, 0.25) is 0 Å². The molecule has 0 aliphatic rings. The molecule has 0 radical (unpaired) electrons. The first kappa shape index (κ1) is 16.2. The third-order valence-electron chi connectivity index (χ3n) is 2.44. The van der Waals surface area contributed by atoms with Gasteiger partial charge in [0, 0.05) is 12.7 Å². The SMILES string of the molecule is CCOC(=O)C(C)(CC/C(Cl)=N/O)S(C)(=O)=O. The molecule has 0 aromatic rings. The van der Waals surface area contributed by atoms with E-state index in [2.05, 4.69) is 5.16 Å². The molecular weight excluding hydrogens is 270 g/mol. The Morgan fingerprint density at radius 2 is 2.06 bits per heavy atom. The van der Waals surface area contributed by atoms with Crippen molar-refractivity contribution in [2.24, 2.45) is 5.16 Å². The lowest BCUT2D eigenvalue weighted by atomic mass is 10.1. The number of rotatable bonds is 6. The lowest BCUT2D eigenvalue weighted by Gasteiger charge is -2.24. The maximum Gasteiger partial charge on any atom is 0.327 e. The highest BCUT2D eigenvalue weighted by molar-refractivity contribution is 7.92. The van der Waals surface area contributed by atoms with E-state index in [0.717, 1.165) is 6.26 Å². The summed E-state index contributed by atoms with van der Waals surface area (Å²) in [6, 6.07) is 0. The van der Waals surface area contributed by atoms with E-state index >= 15 is 0 Å². The molecule has 0 amide bonds. The number of halogens is 1. The van der Waals surface area contributed by atoms with Crippen LogP contribution in [0, 0.1) is 0 Å². The molecule has 0 spiro atoms. The van der Waals surface area contributed by atoms with Gasteiger partial charge in [-0.3, -0.25) is 4.79 Å². The van der Waals surface area contributed by atoms with Crippen LogP contribution in [0.1, 0.15) is 26.7 Å². The number of carbonyl (C=O) groups excluding carboxylic acids is 1. The quantitative estimate of drug-likeness (QED) is 0.342. The highest BCUT2D eigenvalue weighted by Crippen LogP contribution is 2.25. The highest BCUT2D eigenvalue weighted by atomic mass is 35.5. The summed E-state index contributed by atoms with van der Waals surface area (Å²) in [5.41, 5.74) is 0. The molecule has 0 aliphatic carbocycles. The predicted molar refractivity (Wildman–Crippen MR) is 64.2 cm³/mol. The molecule has 0 bridgehead atoms. The minimum absolute atomic E-state index is 0.0273. The average molecular weight is 286 g/mol. The van der Waals surface area contributed by atoms with Crippen LogP contribution in [-0.2, 0) is 19.4 Å². The van der Waals surface area contributed by atoms with Crippen LogP contribution in [0.3, 0.4) is 0 Å². The van der Waals surface area contributed by atoms with E-state index in [4.69, 9.17) is 21.5 Å². The molecule has 1 N–H and O–H groups in total. The number of hydrogen-bond acceptors (Lipinski definition) is 6. The molecule has 0 saturated carbocycles. The molecule has 0 aromatic carbocycles. The monoisotopic (exact) mass is 285 g/mol. The maximum atomic E-state index is 11.7. The van der Waals surface area contributed by atoms with Gasteiger partial charge in [-0.15, -0.1) is 0 Å². The number of esters is 1. The van der Waals surface area contributed by atoms with E-state index in [0.29, 0.717) is 0 Å². The van der Waals surface area contributed by atoms with Gasteiger partial charge >= 0.3 is 5.97 Å². The Bertz CT molecular complexity index is 406. The standard InChI is InChI=1S/C9H16ClNO5S/c1-4-16-8(12)9(2,17(3,14)15)6-5-7(10)11-13/h13H,4-6H2,1-3H3/b11-7-. The van der Waals surface area contributed by atoms with Crippen molar-refractivity contribution in [1.29, 1.82) is 0 Å². The molecule has 6 nitrogen and oxygen atoms in total. The predicted octanol–water partition coefficient (Wildman–Crippen LogP) is 1.16. The minimum Gasteiger partial charge on any atom is -0.465 e. The molecule has 100 valence electrons. The lowest BCUT2D eigenvalue weighted by molar-refractivity contribution is -0.145. The lowest BCUT2D eigenvalue weighted by Crippen LogP contribution is -2.44. The van der Waals surface area contributed by atoms with Crippen LogP contribution in [-0.4, -0.2) is 42.4 Å². The molecule has 0 rings (SSSR count). The van der Waals surface area contributed by atoms with Gasteiger partial charge in [-0.05, 0) is 20.3 Å². The first-order chi connectivity index (χ1) is 7.69. The number of hydrogen-bond donors (Lipinski definition) is 1. The fourth-order valence-electron chi connectivity index (χ4n) is 1.11. The largest absolute Gasteiger partial charge is 0.465 e. The van der Waals surface area contributed by atoms with Crippen LogP contribution in [0.15, 0.2) is 5.16 Å². The van der Waals surface area contributed by atoms with Crippen molar-refractivity contribution in [2.45, 2.75) is 31.4 Å². The minimum atomic E-state index is -3.66. The summed E-state index contributed by atoms with van der Waals surface area (Å²) in [6.07, 6.45) is 0.821. The second kappa shape index (κ2) is 6.20. The zero-order chi connectivity index (χ0) is 13.7. The van der Waals surface area contributed by atoms with E-state index in [1.54, 1.807) is 6.92 Å². The van der Waals surface area contributed by atoms with Gasteiger partial charge in [-0.2, -0.15) is 0 Å². The van der Waals surface area contributed by atoms with Gasteiger partial charge in [0.2, 0.25) is 0 Å². The van der Waals surface area contributed by atoms with Crippen molar-refractivity contribution in [3.63, 3.8) is 0 Å². The van der Waals surface area contributed by atoms with Crippen LogP contribution < -0.4 is 0 Å². The van der Waals surface area contributed by atoms with Crippen molar-refractivity contribution < 1.29 is 23.2 Å². The van der Waals surface area contributed by atoms with Crippen LogP contribution >= 0.6 is 11.6 Å². The van der Waals surface area contributed by atoms with Gasteiger partial charge in [0.05, 0.1) is 6.61 Å². The average Bonchev–Trinajstić information content (AvgIpc) is 2.23. The first-order valence-corrected chi connectivity index (χ1v) is 7.19. The van der Waals surface area contributed by atoms with Gasteiger partial charge in [0.1, 0.15) is 5.17 Å². The van der Waals surface area contributed by atoms with E-state index in [1.807, 2.05) is 0 Å². The molecule has 17 heavy (non-hydrogen) atoms. The van der Waals surface area contributed by atoms with E-state index in [1.165, 1.54) is 6.92 Å². The number of oxime groups is 1. The number of nitrogens with zero attached hydrogens (tertiary/aromatic N) is 1. The third kappa shape index (κ3) is 4.16. The molecule has 1 atom stereocenters. The molecule has 1 unspecified atom stereocenters. The Morgan fingerprint density at radius 1 is 1.53 bits per heavy atom. The Labute approximate surface area is 106 Å². The van der Waals surface area contributed by atoms with Gasteiger partial charge in [-0.1, -0.05) is 16.8 Å². The van der Waals surface area contributed by atoms with E-state index < -0.39 is 20.6 Å². The summed E-state index contributed by atoms with van der Waals surface area (Å²) >= 11 is 5.46. The second-order valence-electron chi connectivity index (χ2n) is 3.70. The zero-order valence-electron chi connectivity index (χ0n) is 9.93. The number of sulfone groups is 1. The van der Waals surface area contributed by atoms with E-state index in [-0.39, 0.29) is 24.6 Å². The normalized spacial score (nSPS) is 16.4. The zero-order valence-corrected chi connectivity index (χ0v) is 11.5. The van der Waals surface area contributed by atoms with Gasteiger partial charge in [0.25, 0.3) is 0 Å². The van der Waals surface area contributed by atoms with Crippen LogP contribution in [0.25, 0.3) is 0 Å². The summed E-state index contributed by atoms with van der Waals surface area (Å²) in [5, 5.41) is 10.9. The van der Waals surface area contributed by atoms with Gasteiger partial charge in [0.15, 0.2) is 14.6 Å². The Kier molecular flexibility index (Phi) is 5.91. The molecule has 0 heterocycles. The molecule has 0 aromatic heterocycles. The van der Waals surface area contributed by atoms with Crippen molar-refractivity contribution in [1.82, 2.24) is 0 Å². The summed E-state index contributed by atoms with van der Waals surface area (Å²) < 4.78 is 26.3. The van der Waals surface area contributed by atoms with Crippen LogP contribution in [0.4, 0.5) is 0 Å². The number of carbonyl (C=O) groups is 1. The highest BCUT2D eigenvalue weighted by Gasteiger charge is 2.44. The maximum absolute atomic E-state index is 11.7. The van der Waals surface area contributed by atoms with Gasteiger partial charge in [-0.25, -0.2) is 8.42 Å². The van der Waals surface area contributed by atoms with Crippen molar-refractivity contribution in [3.05, 3.63) is 0 Å². The smallest absolute Gasteiger partial charge is 0.327 e. The molecule has 8 heteroatoms. The fraction of sp³-hybridized carbons (Fsp3) is 0.778.